The van der Waals surface area contributed by atoms with Crippen LogP contribution in [0, 0.1) is 0 Å². The van der Waals surface area contributed by atoms with E-state index < -0.39 is 10.0 Å². The molecule has 0 bridgehead atoms. The van der Waals surface area contributed by atoms with Crippen molar-refractivity contribution in [2.24, 2.45) is 0 Å². The molecule has 6 nitrogen and oxygen atoms in total. The first-order chi connectivity index (χ1) is 13.8. The topological polar surface area (TPSA) is 67.2 Å². The van der Waals surface area contributed by atoms with E-state index in [1.165, 1.54) is 0 Å². The highest BCUT2D eigenvalue weighted by atomic mass is 79.9. The van der Waals surface area contributed by atoms with Crippen molar-refractivity contribution in [1.82, 2.24) is 14.3 Å². The number of nitrogens with one attached hydrogen (secondary N) is 1. The van der Waals surface area contributed by atoms with Gasteiger partial charge in [-0.2, -0.15) is 0 Å². The molecule has 1 aliphatic rings. The number of piperidine rings is 1. The van der Waals surface area contributed by atoms with Crippen LogP contribution in [0.5, 0.6) is 0 Å². The molecule has 0 spiro atoms. The van der Waals surface area contributed by atoms with Crippen LogP contribution in [0.3, 0.4) is 0 Å². The van der Waals surface area contributed by atoms with Crippen molar-refractivity contribution < 1.29 is 8.42 Å². The number of para-hydroxylation sites is 2. The minimum atomic E-state index is -3.51. The van der Waals surface area contributed by atoms with Crippen LogP contribution in [0.2, 0.25) is 0 Å². The number of nitrogens with zero attached hydrogens (tertiary/aromatic N) is 3. The largest absolute Gasteiger partial charge is 0.342 e. The van der Waals surface area contributed by atoms with Crippen LogP contribution in [0.1, 0.15) is 32.7 Å². The fraction of sp³-hybridized carbons (Fsp3) is 0.381. The zero-order valence-electron chi connectivity index (χ0n) is 16.5. The maximum Gasteiger partial charge on any atom is 0.240 e. The van der Waals surface area contributed by atoms with Gasteiger partial charge in [-0.15, -0.1) is 0 Å². The summed E-state index contributed by atoms with van der Waals surface area (Å²) in [5, 5.41) is 0. The monoisotopic (exact) mass is 476 g/mol. The Hall–Kier alpha value is -1.90. The van der Waals surface area contributed by atoms with Gasteiger partial charge in [-0.1, -0.05) is 28.1 Å². The van der Waals surface area contributed by atoms with E-state index in [4.69, 9.17) is 4.98 Å². The molecular formula is C21H25BrN4O2S. The van der Waals surface area contributed by atoms with Crippen LogP contribution in [0.4, 0.5) is 5.95 Å². The van der Waals surface area contributed by atoms with Gasteiger partial charge in [0.2, 0.25) is 16.0 Å². The van der Waals surface area contributed by atoms with Crippen molar-refractivity contribution in [2.45, 2.75) is 43.7 Å². The molecule has 1 N–H and O–H groups in total. The number of halogens is 1. The van der Waals surface area contributed by atoms with Gasteiger partial charge in [0.05, 0.1) is 15.9 Å². The highest BCUT2D eigenvalue weighted by Crippen LogP contribution is 2.29. The first kappa shape index (κ1) is 20.4. The number of hydrogen-bond acceptors (Lipinski definition) is 4. The summed E-state index contributed by atoms with van der Waals surface area (Å²) in [6.07, 6.45) is 1.49. The maximum absolute atomic E-state index is 12.7. The van der Waals surface area contributed by atoms with Crippen molar-refractivity contribution in [2.75, 3.05) is 18.0 Å². The number of fused-ring (bicyclic) bond motifs is 1. The van der Waals surface area contributed by atoms with Crippen molar-refractivity contribution in [3.63, 3.8) is 0 Å². The fourth-order valence-electron chi connectivity index (χ4n) is 3.86. The predicted octanol–water partition coefficient (Wildman–Crippen LogP) is 4.33. The van der Waals surface area contributed by atoms with Crippen LogP contribution in [-0.4, -0.2) is 37.1 Å². The van der Waals surface area contributed by atoms with Crippen molar-refractivity contribution >= 4 is 42.9 Å². The van der Waals surface area contributed by atoms with Gasteiger partial charge in [0.15, 0.2) is 0 Å². The number of rotatable bonds is 5. The van der Waals surface area contributed by atoms with E-state index in [-0.39, 0.29) is 6.04 Å². The fourth-order valence-corrected chi connectivity index (χ4v) is 5.43. The first-order valence-electron chi connectivity index (χ1n) is 9.85. The summed E-state index contributed by atoms with van der Waals surface area (Å²) in [5.41, 5.74) is 2.13. The number of anilines is 1. The molecule has 0 aliphatic carbocycles. The molecule has 1 aromatic heterocycles. The lowest BCUT2D eigenvalue weighted by atomic mass is 10.1. The molecule has 1 saturated heterocycles. The van der Waals surface area contributed by atoms with Crippen LogP contribution < -0.4 is 9.62 Å². The quantitative estimate of drug-likeness (QED) is 0.594. The van der Waals surface area contributed by atoms with Crippen molar-refractivity contribution in [1.29, 1.82) is 0 Å². The van der Waals surface area contributed by atoms with Gasteiger partial charge < -0.3 is 9.47 Å². The van der Waals surface area contributed by atoms with Gasteiger partial charge in [0.25, 0.3) is 0 Å². The van der Waals surface area contributed by atoms with Crippen LogP contribution in [0.25, 0.3) is 11.0 Å². The lowest BCUT2D eigenvalue weighted by Gasteiger charge is -2.33. The summed E-state index contributed by atoms with van der Waals surface area (Å²) < 4.78 is 31.3. The Balaban J connectivity index is 1.48. The van der Waals surface area contributed by atoms with Crippen LogP contribution in [0.15, 0.2) is 57.9 Å². The van der Waals surface area contributed by atoms with Crippen LogP contribution >= 0.6 is 15.9 Å². The van der Waals surface area contributed by atoms with Gasteiger partial charge in [-0.05, 0) is 63.1 Å². The molecule has 29 heavy (non-hydrogen) atoms. The molecule has 3 aromatic rings. The van der Waals surface area contributed by atoms with E-state index in [9.17, 15) is 8.42 Å². The predicted molar refractivity (Wildman–Crippen MR) is 120 cm³/mol. The molecule has 1 fully saturated rings. The molecular weight excluding hydrogens is 452 g/mol. The molecule has 2 aromatic carbocycles. The van der Waals surface area contributed by atoms with Gasteiger partial charge in [0, 0.05) is 29.6 Å². The molecule has 0 unspecified atom stereocenters. The van der Waals surface area contributed by atoms with E-state index >= 15 is 0 Å². The van der Waals surface area contributed by atoms with Crippen molar-refractivity contribution in [3.8, 4) is 0 Å². The summed E-state index contributed by atoms with van der Waals surface area (Å²) in [4.78, 5) is 7.42. The van der Waals surface area contributed by atoms with Crippen LogP contribution in [-0.2, 0) is 10.0 Å². The third-order valence-corrected chi connectivity index (χ3v) is 7.38. The average molecular weight is 477 g/mol. The third-order valence-electron chi connectivity index (χ3n) is 5.32. The molecule has 4 rings (SSSR count). The highest BCUT2D eigenvalue weighted by Gasteiger charge is 2.27. The molecule has 0 atom stereocenters. The van der Waals surface area contributed by atoms with Gasteiger partial charge >= 0.3 is 0 Å². The zero-order valence-corrected chi connectivity index (χ0v) is 18.9. The van der Waals surface area contributed by atoms with E-state index in [1.807, 2.05) is 18.2 Å². The van der Waals surface area contributed by atoms with E-state index in [0.717, 1.165) is 47.4 Å². The Kier molecular flexibility index (Phi) is 5.68. The summed E-state index contributed by atoms with van der Waals surface area (Å²) in [5.74, 6) is 0.968. The Bertz CT molecular complexity index is 1100. The molecule has 154 valence electrons. The lowest BCUT2D eigenvalue weighted by molar-refractivity contribution is 0.450. The Morgan fingerprint density at radius 2 is 1.72 bits per heavy atom. The van der Waals surface area contributed by atoms with Gasteiger partial charge in [-0.3, -0.25) is 0 Å². The molecule has 8 heteroatoms. The Labute approximate surface area is 180 Å². The van der Waals surface area contributed by atoms with Gasteiger partial charge in [0.1, 0.15) is 0 Å². The second-order valence-electron chi connectivity index (χ2n) is 7.70. The maximum atomic E-state index is 12.7. The zero-order chi connectivity index (χ0) is 20.6. The lowest BCUT2D eigenvalue weighted by Crippen LogP contribution is -2.45. The number of aromatic nitrogens is 2. The van der Waals surface area contributed by atoms with E-state index in [1.54, 1.807) is 24.3 Å². The normalized spacial score (nSPS) is 16.1. The summed E-state index contributed by atoms with van der Waals surface area (Å²) in [7, 11) is -3.51. The minimum absolute atomic E-state index is 0.0724. The standard InChI is InChI=1S/C21H25BrN4O2S/c1-15(2)26-20-6-4-3-5-19(20)23-21(26)25-13-11-17(12-14-25)24-29(27,28)18-9-7-16(22)8-10-18/h3-10,15,17,24H,11-14H2,1-2H3. The average Bonchev–Trinajstić information content (AvgIpc) is 3.08. The second-order valence-corrected chi connectivity index (χ2v) is 10.3. The SMILES string of the molecule is CC(C)n1c(N2CCC(NS(=O)(=O)c3ccc(Br)cc3)CC2)nc2ccccc21. The van der Waals surface area contributed by atoms with E-state index in [2.05, 4.69) is 50.0 Å². The Morgan fingerprint density at radius 1 is 1.07 bits per heavy atom. The molecule has 2 heterocycles. The summed E-state index contributed by atoms with van der Waals surface area (Å²) >= 11 is 3.34. The molecule has 0 radical (unpaired) electrons. The summed E-state index contributed by atoms with van der Waals surface area (Å²) in [6, 6.07) is 15.1. The number of imidazole rings is 1. The smallest absolute Gasteiger partial charge is 0.240 e. The summed E-state index contributed by atoms with van der Waals surface area (Å²) in [6.45, 7) is 5.86. The molecule has 0 amide bonds. The van der Waals surface area contributed by atoms with Crippen molar-refractivity contribution in [3.05, 3.63) is 53.0 Å². The highest BCUT2D eigenvalue weighted by molar-refractivity contribution is 9.10. The number of sulfonamides is 1. The second kappa shape index (κ2) is 8.08. The minimum Gasteiger partial charge on any atom is -0.342 e. The third kappa shape index (κ3) is 4.20. The van der Waals surface area contributed by atoms with Gasteiger partial charge in [-0.25, -0.2) is 18.1 Å². The Morgan fingerprint density at radius 3 is 2.38 bits per heavy atom. The molecule has 1 aliphatic heterocycles. The molecule has 0 saturated carbocycles. The first-order valence-corrected chi connectivity index (χ1v) is 12.1. The van der Waals surface area contributed by atoms with E-state index in [0.29, 0.717) is 10.9 Å². The number of hydrogen-bond donors (Lipinski definition) is 1. The number of benzene rings is 2.